The number of carbonyl (C=O) groups is 1. The van der Waals surface area contributed by atoms with Crippen molar-refractivity contribution in [1.29, 1.82) is 0 Å². The van der Waals surface area contributed by atoms with Crippen LogP contribution in [0, 0.1) is 10.8 Å². The summed E-state index contributed by atoms with van der Waals surface area (Å²) in [6, 6.07) is 0. The molecule has 0 amide bonds. The third kappa shape index (κ3) is 0.280. The minimum atomic E-state index is 0.299. The summed E-state index contributed by atoms with van der Waals surface area (Å²) >= 11 is 0. The summed E-state index contributed by atoms with van der Waals surface area (Å²) < 4.78 is 0. The molecular weight excluding hydrogens is 112 g/mol. The summed E-state index contributed by atoms with van der Waals surface area (Å²) in [6.07, 6.45) is 6.10. The largest absolute Gasteiger partial charge is 0.299 e. The van der Waals surface area contributed by atoms with Crippen molar-refractivity contribution in [2.75, 3.05) is 0 Å². The molecule has 1 unspecified atom stereocenters. The van der Waals surface area contributed by atoms with Crippen LogP contribution in [0.2, 0.25) is 0 Å². The number of hydrogen-bond acceptors (Lipinski definition) is 1. The molecule has 1 heteroatoms. The quantitative estimate of drug-likeness (QED) is 0.476. The lowest BCUT2D eigenvalue weighted by Crippen LogP contribution is -2.29. The second kappa shape index (κ2) is 0.882. The van der Waals surface area contributed by atoms with Gasteiger partial charge in [0.25, 0.3) is 0 Å². The third-order valence-electron chi connectivity index (χ3n) is 3.70. The van der Waals surface area contributed by atoms with Gasteiger partial charge in [-0.1, -0.05) is 0 Å². The maximum Gasteiger partial charge on any atom is 0.139 e. The van der Waals surface area contributed by atoms with Crippen LogP contribution in [0.4, 0.5) is 0 Å². The first-order valence-electron chi connectivity index (χ1n) is 3.83. The number of rotatable bonds is 0. The number of Topliss-reactive ketones (excluding diaryl/α,β-unsaturated/α-hetero) is 1. The van der Waals surface area contributed by atoms with Gasteiger partial charge >= 0.3 is 0 Å². The lowest BCUT2D eigenvalue weighted by Gasteiger charge is -2.24. The van der Waals surface area contributed by atoms with Crippen LogP contribution in [0.25, 0.3) is 0 Å². The van der Waals surface area contributed by atoms with Gasteiger partial charge in [0.05, 0.1) is 0 Å². The van der Waals surface area contributed by atoms with E-state index in [1.54, 1.807) is 0 Å². The van der Waals surface area contributed by atoms with Gasteiger partial charge in [0, 0.05) is 11.8 Å². The summed E-state index contributed by atoms with van der Waals surface area (Å²) in [5.41, 5.74) is 0.912. The molecular formula is C8H10O. The van der Waals surface area contributed by atoms with Crippen LogP contribution in [-0.4, -0.2) is 5.78 Å². The van der Waals surface area contributed by atoms with Gasteiger partial charge in [-0.15, -0.1) is 0 Å². The van der Waals surface area contributed by atoms with Crippen molar-refractivity contribution in [3.8, 4) is 0 Å². The summed E-state index contributed by atoms with van der Waals surface area (Å²) in [6.45, 7) is 0. The lowest BCUT2D eigenvalue weighted by molar-refractivity contribution is -0.132. The average Bonchev–Trinajstić information content (AvgIpc) is 2.71. The Balaban J connectivity index is 2.00. The molecule has 2 spiro atoms. The Morgan fingerprint density at radius 1 is 1.22 bits per heavy atom. The molecule has 0 radical (unpaired) electrons. The molecule has 0 saturated heterocycles. The minimum Gasteiger partial charge on any atom is -0.299 e. The number of hydrogen-bond donors (Lipinski definition) is 0. The van der Waals surface area contributed by atoms with Gasteiger partial charge in [-0.25, -0.2) is 0 Å². The summed E-state index contributed by atoms with van der Waals surface area (Å²) in [5, 5.41) is 0. The van der Waals surface area contributed by atoms with Crippen LogP contribution in [0.1, 0.15) is 32.1 Å². The van der Waals surface area contributed by atoms with E-state index >= 15 is 0 Å². The van der Waals surface area contributed by atoms with Crippen molar-refractivity contribution in [3.63, 3.8) is 0 Å². The van der Waals surface area contributed by atoms with Gasteiger partial charge < -0.3 is 0 Å². The first kappa shape index (κ1) is 4.48. The second-order valence-electron chi connectivity index (χ2n) is 3.96. The number of fused-ring (bicyclic) bond motifs is 1. The number of carbonyl (C=O) groups excluding carboxylic acids is 1. The zero-order valence-corrected chi connectivity index (χ0v) is 5.44. The Kier molecular flexibility index (Phi) is 0.439. The predicted molar refractivity (Wildman–Crippen MR) is 33.0 cm³/mol. The van der Waals surface area contributed by atoms with Crippen LogP contribution < -0.4 is 0 Å². The predicted octanol–water partition coefficient (Wildman–Crippen LogP) is 1.52. The van der Waals surface area contributed by atoms with Crippen molar-refractivity contribution in [2.45, 2.75) is 32.1 Å². The van der Waals surface area contributed by atoms with Crippen LogP contribution in [0.3, 0.4) is 0 Å². The maximum absolute atomic E-state index is 11.1. The van der Waals surface area contributed by atoms with Crippen molar-refractivity contribution in [1.82, 2.24) is 0 Å². The van der Waals surface area contributed by atoms with Crippen molar-refractivity contribution < 1.29 is 4.79 Å². The van der Waals surface area contributed by atoms with Crippen molar-refractivity contribution in [3.05, 3.63) is 0 Å². The fraction of sp³-hybridized carbons (Fsp3) is 0.875. The minimum absolute atomic E-state index is 0.299. The zero-order chi connectivity index (χ0) is 6.11. The van der Waals surface area contributed by atoms with E-state index in [2.05, 4.69) is 0 Å². The molecule has 0 N–H and O–H groups in total. The normalized spacial score (nSPS) is 49.6. The molecule has 3 aliphatic carbocycles. The van der Waals surface area contributed by atoms with E-state index in [1.165, 1.54) is 25.7 Å². The highest BCUT2D eigenvalue weighted by molar-refractivity contribution is 5.95. The van der Waals surface area contributed by atoms with E-state index in [0.717, 1.165) is 6.42 Å². The smallest absolute Gasteiger partial charge is 0.139 e. The second-order valence-corrected chi connectivity index (χ2v) is 3.96. The molecule has 0 heterocycles. The molecule has 3 rings (SSSR count). The average molecular weight is 122 g/mol. The molecule has 0 aromatic heterocycles. The Bertz CT molecular complexity index is 203. The van der Waals surface area contributed by atoms with Crippen LogP contribution in [0.15, 0.2) is 0 Å². The van der Waals surface area contributed by atoms with E-state index in [1.807, 2.05) is 0 Å². The fourth-order valence-electron chi connectivity index (χ4n) is 2.62. The van der Waals surface area contributed by atoms with Gasteiger partial charge in [0.15, 0.2) is 0 Å². The molecule has 3 saturated carbocycles. The van der Waals surface area contributed by atoms with Crippen molar-refractivity contribution in [2.24, 2.45) is 10.8 Å². The van der Waals surface area contributed by atoms with E-state index in [0.29, 0.717) is 16.6 Å². The highest BCUT2D eigenvalue weighted by Crippen LogP contribution is 2.83. The van der Waals surface area contributed by atoms with E-state index in [9.17, 15) is 4.79 Å². The first-order valence-corrected chi connectivity index (χ1v) is 3.83. The monoisotopic (exact) mass is 122 g/mol. The van der Waals surface area contributed by atoms with Gasteiger partial charge in [0.2, 0.25) is 0 Å². The topological polar surface area (TPSA) is 17.1 Å². The molecule has 3 fully saturated rings. The Morgan fingerprint density at radius 2 is 2.00 bits per heavy atom. The summed E-state index contributed by atoms with van der Waals surface area (Å²) in [7, 11) is 0. The Hall–Kier alpha value is -0.330. The SMILES string of the molecule is O=C1CCC12CC21CC1. The molecule has 48 valence electrons. The van der Waals surface area contributed by atoms with E-state index < -0.39 is 0 Å². The molecule has 3 aliphatic rings. The maximum atomic E-state index is 11.1. The Labute approximate surface area is 54.4 Å². The number of ketones is 1. The standard InChI is InChI=1S/C8H10O/c9-6-1-2-8(6)5-7(8)3-4-7/h1-5H2. The van der Waals surface area contributed by atoms with Crippen molar-refractivity contribution >= 4 is 5.78 Å². The molecule has 1 atom stereocenters. The first-order chi connectivity index (χ1) is 4.29. The van der Waals surface area contributed by atoms with Gasteiger partial charge in [-0.3, -0.25) is 4.79 Å². The van der Waals surface area contributed by atoms with Gasteiger partial charge in [-0.05, 0) is 31.1 Å². The fourth-order valence-corrected chi connectivity index (χ4v) is 2.62. The van der Waals surface area contributed by atoms with Crippen LogP contribution >= 0.6 is 0 Å². The van der Waals surface area contributed by atoms with Crippen LogP contribution in [-0.2, 0) is 4.79 Å². The van der Waals surface area contributed by atoms with E-state index in [-0.39, 0.29) is 0 Å². The van der Waals surface area contributed by atoms with Gasteiger partial charge in [0.1, 0.15) is 5.78 Å². The highest BCUT2D eigenvalue weighted by atomic mass is 16.1. The summed E-state index contributed by atoms with van der Waals surface area (Å²) in [5.74, 6) is 0.583. The third-order valence-corrected chi connectivity index (χ3v) is 3.70. The lowest BCUT2D eigenvalue weighted by atomic mass is 9.77. The molecule has 9 heavy (non-hydrogen) atoms. The molecule has 0 bridgehead atoms. The summed E-state index contributed by atoms with van der Waals surface area (Å²) in [4.78, 5) is 11.1. The van der Waals surface area contributed by atoms with Gasteiger partial charge in [-0.2, -0.15) is 0 Å². The Morgan fingerprint density at radius 3 is 2.11 bits per heavy atom. The molecule has 0 aromatic rings. The highest BCUT2D eigenvalue weighted by Gasteiger charge is 2.79. The van der Waals surface area contributed by atoms with E-state index in [4.69, 9.17) is 0 Å². The molecule has 1 nitrogen and oxygen atoms in total. The van der Waals surface area contributed by atoms with Crippen LogP contribution in [0.5, 0.6) is 0 Å². The molecule has 0 aromatic carbocycles. The molecule has 0 aliphatic heterocycles. The zero-order valence-electron chi connectivity index (χ0n) is 5.44.